The minimum Gasteiger partial charge on any atom is -0.374 e. The fourth-order valence-corrected chi connectivity index (χ4v) is 5.17. The number of morpholine rings is 1. The van der Waals surface area contributed by atoms with Gasteiger partial charge in [-0.1, -0.05) is 23.9 Å². The summed E-state index contributed by atoms with van der Waals surface area (Å²) in [4.78, 5) is 27.9. The molecule has 39 heavy (non-hydrogen) atoms. The fourth-order valence-electron chi connectivity index (χ4n) is 4.39. The van der Waals surface area contributed by atoms with Crippen molar-refractivity contribution in [2.75, 3.05) is 61.0 Å². The zero-order valence-corrected chi connectivity index (χ0v) is 22.0. The first-order valence-corrected chi connectivity index (χ1v) is 13.6. The zero-order valence-electron chi connectivity index (χ0n) is 21.1. The summed E-state index contributed by atoms with van der Waals surface area (Å²) in [6.45, 7) is 5.97. The third kappa shape index (κ3) is 6.41. The predicted octanol–water partition coefficient (Wildman–Crippen LogP) is 2.21. The minimum atomic E-state index is -0.253. The molecule has 6 rings (SSSR count). The average molecular weight is 550 g/mol. The quantitative estimate of drug-likeness (QED) is 0.335. The number of hydrogen-bond acceptors (Lipinski definition) is 12. The summed E-state index contributed by atoms with van der Waals surface area (Å²) < 4.78 is 21.5. The number of nitrogens with zero attached hydrogens (tertiary/aromatic N) is 9. The van der Waals surface area contributed by atoms with Crippen LogP contribution in [-0.2, 0) is 11.3 Å². The number of anilines is 4. The molecule has 0 bridgehead atoms. The van der Waals surface area contributed by atoms with E-state index in [1.807, 2.05) is 16.9 Å². The van der Waals surface area contributed by atoms with E-state index >= 15 is 0 Å². The maximum atomic E-state index is 13.9. The third-order valence-corrected chi connectivity index (χ3v) is 7.37. The first-order valence-electron chi connectivity index (χ1n) is 12.7. The second kappa shape index (κ2) is 11.9. The molecule has 5 heterocycles. The van der Waals surface area contributed by atoms with Crippen molar-refractivity contribution in [2.24, 2.45) is 0 Å². The van der Waals surface area contributed by atoms with Crippen molar-refractivity contribution in [2.45, 2.75) is 22.4 Å². The van der Waals surface area contributed by atoms with Crippen LogP contribution in [0.15, 0.2) is 65.2 Å². The van der Waals surface area contributed by atoms with Gasteiger partial charge in [-0.25, -0.2) is 24.3 Å². The Morgan fingerprint density at radius 3 is 2.56 bits per heavy atom. The van der Waals surface area contributed by atoms with Crippen LogP contribution in [0.5, 0.6) is 0 Å². The molecule has 2 aliphatic rings. The highest BCUT2D eigenvalue weighted by molar-refractivity contribution is 7.99. The molecule has 2 saturated heterocycles. The fraction of sp³-hybridized carbons (Fsp3) is 0.360. The summed E-state index contributed by atoms with van der Waals surface area (Å²) in [6.07, 6.45) is 8.75. The largest absolute Gasteiger partial charge is 0.374 e. The molecule has 14 heteroatoms. The van der Waals surface area contributed by atoms with Crippen LogP contribution in [0.4, 0.5) is 27.9 Å². The van der Waals surface area contributed by atoms with E-state index in [0.29, 0.717) is 49.0 Å². The van der Waals surface area contributed by atoms with Crippen LogP contribution in [-0.4, -0.2) is 86.7 Å². The molecule has 2 fully saturated rings. The topological polar surface area (TPSA) is 122 Å². The number of halogens is 1. The van der Waals surface area contributed by atoms with Crippen molar-refractivity contribution >= 4 is 35.3 Å². The van der Waals surface area contributed by atoms with E-state index in [9.17, 15) is 4.39 Å². The first-order chi connectivity index (χ1) is 19.2. The molecule has 0 saturated carbocycles. The molecule has 0 unspecified atom stereocenters. The van der Waals surface area contributed by atoms with Crippen LogP contribution in [0.2, 0.25) is 0 Å². The van der Waals surface area contributed by atoms with Gasteiger partial charge in [0.25, 0.3) is 0 Å². The summed E-state index contributed by atoms with van der Waals surface area (Å²) in [5, 5.41) is 11.0. The zero-order chi connectivity index (χ0) is 26.4. The number of nitrogens with one attached hydrogen (secondary N) is 2. The smallest absolute Gasteiger partial charge is 0.232 e. The molecule has 3 aromatic heterocycles. The van der Waals surface area contributed by atoms with E-state index in [1.54, 1.807) is 30.7 Å². The molecular weight excluding hydrogens is 521 g/mol. The molecule has 0 aliphatic carbocycles. The SMILES string of the molecule is Fc1ccccc1Sc1cnc(N2CCN(c3ncnc(Nc4cnn(C[C@@H]5CNCCO5)c4)n3)CC2)nc1. The number of rotatable bonds is 8. The second-order valence-electron chi connectivity index (χ2n) is 9.11. The Balaban J connectivity index is 1.02. The number of aromatic nitrogens is 7. The monoisotopic (exact) mass is 549 g/mol. The van der Waals surface area contributed by atoms with Crippen molar-refractivity contribution in [1.82, 2.24) is 40.0 Å². The lowest BCUT2D eigenvalue weighted by molar-refractivity contribution is 0.0161. The van der Waals surface area contributed by atoms with E-state index in [1.165, 1.54) is 24.2 Å². The molecule has 4 aromatic rings. The van der Waals surface area contributed by atoms with Gasteiger partial charge in [-0.2, -0.15) is 10.1 Å². The third-order valence-electron chi connectivity index (χ3n) is 6.37. The molecule has 0 radical (unpaired) electrons. The lowest BCUT2D eigenvalue weighted by atomic mass is 10.3. The molecule has 12 nitrogen and oxygen atoms in total. The van der Waals surface area contributed by atoms with Crippen LogP contribution >= 0.6 is 11.8 Å². The van der Waals surface area contributed by atoms with E-state index < -0.39 is 0 Å². The molecule has 0 spiro atoms. The van der Waals surface area contributed by atoms with Crippen LogP contribution in [0.1, 0.15) is 0 Å². The van der Waals surface area contributed by atoms with Crippen LogP contribution in [0, 0.1) is 5.82 Å². The molecule has 0 amide bonds. The van der Waals surface area contributed by atoms with Crippen molar-refractivity contribution in [3.63, 3.8) is 0 Å². The lowest BCUT2D eigenvalue weighted by Gasteiger charge is -2.34. The van der Waals surface area contributed by atoms with Gasteiger partial charge in [-0.15, -0.1) is 0 Å². The Morgan fingerprint density at radius 2 is 1.79 bits per heavy atom. The highest BCUT2D eigenvalue weighted by atomic mass is 32.2. The molecule has 1 aromatic carbocycles. The van der Waals surface area contributed by atoms with Gasteiger partial charge < -0.3 is 25.2 Å². The standard InChI is InChI=1S/C25H28FN11OS/c26-21-3-1-2-4-22(21)39-20-13-28-24(29-14-20)35-6-8-36(9-7-35)25-31-17-30-23(34-25)33-18-11-32-37(15-18)16-19-12-27-5-10-38-19/h1-4,11,13-15,17,19,27H,5-10,12,16H2,(H,30,31,33,34)/t19-/m0/s1. The van der Waals surface area contributed by atoms with Gasteiger partial charge >= 0.3 is 0 Å². The summed E-state index contributed by atoms with van der Waals surface area (Å²) in [7, 11) is 0. The maximum absolute atomic E-state index is 13.9. The summed E-state index contributed by atoms with van der Waals surface area (Å²) in [5.74, 6) is 1.47. The van der Waals surface area contributed by atoms with Crippen molar-refractivity contribution < 1.29 is 9.13 Å². The van der Waals surface area contributed by atoms with Crippen molar-refractivity contribution in [3.05, 3.63) is 61.2 Å². The molecule has 1 atom stereocenters. The normalized spacial score (nSPS) is 17.8. The van der Waals surface area contributed by atoms with Gasteiger partial charge in [-0.3, -0.25) is 4.68 Å². The van der Waals surface area contributed by atoms with Gasteiger partial charge in [0.05, 0.1) is 31.1 Å². The highest BCUT2D eigenvalue weighted by Gasteiger charge is 2.22. The summed E-state index contributed by atoms with van der Waals surface area (Å²) in [6, 6.07) is 6.68. The number of benzene rings is 1. The Hall–Kier alpha value is -3.88. The Kier molecular flexibility index (Phi) is 7.74. The van der Waals surface area contributed by atoms with E-state index in [2.05, 4.69) is 50.5 Å². The Morgan fingerprint density at radius 1 is 1.00 bits per heavy atom. The van der Waals surface area contributed by atoms with Gasteiger partial charge in [-0.05, 0) is 12.1 Å². The number of ether oxygens (including phenoxy) is 1. The summed E-state index contributed by atoms with van der Waals surface area (Å²) >= 11 is 1.31. The maximum Gasteiger partial charge on any atom is 0.232 e. The Labute approximate surface area is 229 Å². The number of piperazine rings is 1. The van der Waals surface area contributed by atoms with Gasteiger partial charge in [0.15, 0.2) is 0 Å². The van der Waals surface area contributed by atoms with Crippen molar-refractivity contribution in [3.8, 4) is 0 Å². The Bertz CT molecular complexity index is 1370. The van der Waals surface area contributed by atoms with Crippen LogP contribution in [0.25, 0.3) is 0 Å². The molecule has 2 aliphatic heterocycles. The van der Waals surface area contributed by atoms with Gasteiger partial charge in [0.1, 0.15) is 12.1 Å². The minimum absolute atomic E-state index is 0.107. The van der Waals surface area contributed by atoms with Crippen LogP contribution < -0.4 is 20.4 Å². The molecule has 202 valence electrons. The second-order valence-corrected chi connectivity index (χ2v) is 10.2. The first kappa shape index (κ1) is 25.4. The van der Waals surface area contributed by atoms with Gasteiger partial charge in [0.2, 0.25) is 17.8 Å². The lowest BCUT2D eigenvalue weighted by Crippen LogP contribution is -2.47. The highest BCUT2D eigenvalue weighted by Crippen LogP contribution is 2.29. The van der Waals surface area contributed by atoms with Crippen molar-refractivity contribution in [1.29, 1.82) is 0 Å². The number of hydrogen-bond donors (Lipinski definition) is 2. The molecule has 2 N–H and O–H groups in total. The summed E-state index contributed by atoms with van der Waals surface area (Å²) in [5.41, 5.74) is 0.800. The average Bonchev–Trinajstić information content (AvgIpc) is 3.42. The van der Waals surface area contributed by atoms with Gasteiger partial charge in [0, 0.05) is 67.7 Å². The van der Waals surface area contributed by atoms with E-state index in [4.69, 9.17) is 4.74 Å². The van der Waals surface area contributed by atoms with Crippen LogP contribution in [0.3, 0.4) is 0 Å². The molecular formula is C25H28FN11OS. The predicted molar refractivity (Wildman–Crippen MR) is 145 cm³/mol. The van der Waals surface area contributed by atoms with E-state index in [-0.39, 0.29) is 11.9 Å². The van der Waals surface area contributed by atoms with E-state index in [0.717, 1.165) is 36.8 Å².